The highest BCUT2D eigenvalue weighted by atomic mass is 16.5. The van der Waals surface area contributed by atoms with E-state index >= 15 is 0 Å². The average molecular weight is 539 g/mol. The first-order valence-corrected chi connectivity index (χ1v) is 14.7. The van der Waals surface area contributed by atoms with Crippen LogP contribution in [0.2, 0.25) is 0 Å². The van der Waals surface area contributed by atoms with Gasteiger partial charge in [0.25, 0.3) is 0 Å². The third-order valence-electron chi connectivity index (χ3n) is 7.44. The van der Waals surface area contributed by atoms with Crippen LogP contribution in [0.1, 0.15) is 90.8 Å². The molecule has 0 bridgehead atoms. The highest BCUT2D eigenvalue weighted by molar-refractivity contribution is 5.82. The van der Waals surface area contributed by atoms with Crippen molar-refractivity contribution in [3.05, 3.63) is 77.4 Å². The Balaban J connectivity index is 1.79. The van der Waals surface area contributed by atoms with Gasteiger partial charge < -0.3 is 14.8 Å². The third-order valence-corrected chi connectivity index (χ3v) is 7.44. The summed E-state index contributed by atoms with van der Waals surface area (Å²) in [6, 6.07) is 21.0. The summed E-state index contributed by atoms with van der Waals surface area (Å²) in [6.45, 7) is 17.9. The zero-order chi connectivity index (χ0) is 29.1. The minimum Gasteiger partial charge on any atom is -0.507 e. The van der Waals surface area contributed by atoms with Crippen LogP contribution in [-0.4, -0.2) is 21.7 Å². The van der Waals surface area contributed by atoms with Crippen molar-refractivity contribution in [2.24, 2.45) is 0 Å². The summed E-state index contributed by atoms with van der Waals surface area (Å²) in [5, 5.41) is 11.3. The van der Waals surface area contributed by atoms with E-state index in [2.05, 4.69) is 109 Å². The molecule has 4 aromatic rings. The largest absolute Gasteiger partial charge is 0.507 e. The Kier molecular flexibility index (Phi) is 8.77. The van der Waals surface area contributed by atoms with Crippen molar-refractivity contribution in [2.75, 3.05) is 6.61 Å². The molecule has 4 rings (SSSR count). The molecule has 0 aliphatic heterocycles. The molecule has 0 unspecified atom stereocenters. The number of nitrogens with one attached hydrogen (secondary N) is 1. The van der Waals surface area contributed by atoms with Crippen LogP contribution < -0.4 is 4.74 Å². The van der Waals surface area contributed by atoms with E-state index in [1.165, 1.54) is 24.8 Å². The molecule has 212 valence electrons. The molecule has 0 amide bonds. The number of imidazole rings is 1. The van der Waals surface area contributed by atoms with E-state index < -0.39 is 0 Å². The summed E-state index contributed by atoms with van der Waals surface area (Å²) >= 11 is 0. The van der Waals surface area contributed by atoms with Crippen LogP contribution in [0.4, 0.5) is 0 Å². The normalized spacial score (nSPS) is 12.1. The highest BCUT2D eigenvalue weighted by Crippen LogP contribution is 2.42. The van der Waals surface area contributed by atoms with Gasteiger partial charge in [-0.05, 0) is 60.6 Å². The number of H-pyrrole nitrogens is 1. The van der Waals surface area contributed by atoms with Gasteiger partial charge >= 0.3 is 0 Å². The lowest BCUT2D eigenvalue weighted by Gasteiger charge is -2.28. The number of hydrogen-bond acceptors (Lipinski definition) is 3. The highest BCUT2D eigenvalue weighted by Gasteiger charge is 2.28. The molecule has 0 radical (unpaired) electrons. The van der Waals surface area contributed by atoms with Gasteiger partial charge in [-0.15, -0.1) is 0 Å². The van der Waals surface area contributed by atoms with Crippen LogP contribution >= 0.6 is 0 Å². The molecule has 4 heteroatoms. The Morgan fingerprint density at radius 2 is 1.32 bits per heavy atom. The molecule has 0 saturated heterocycles. The topological polar surface area (TPSA) is 58.1 Å². The molecule has 1 heterocycles. The van der Waals surface area contributed by atoms with Gasteiger partial charge in [0, 0.05) is 27.8 Å². The van der Waals surface area contributed by atoms with E-state index in [-0.39, 0.29) is 10.8 Å². The van der Waals surface area contributed by atoms with Crippen LogP contribution in [0, 0.1) is 6.92 Å². The Morgan fingerprint density at radius 3 is 1.88 bits per heavy atom. The summed E-state index contributed by atoms with van der Waals surface area (Å²) < 4.78 is 6.00. The SMILES string of the molecule is CCCCCCOc1ccc(-c2nc(-c3cc(C(C)(C)C)c(O)c(C(C)(C)C)c3)[nH]c2-c2ccc(C)cc2)cc1. The Morgan fingerprint density at radius 1 is 0.750 bits per heavy atom. The number of aromatic amines is 1. The number of nitrogens with zero attached hydrogens (tertiary/aromatic N) is 1. The van der Waals surface area contributed by atoms with E-state index in [4.69, 9.17) is 9.72 Å². The van der Waals surface area contributed by atoms with Gasteiger partial charge in [-0.3, -0.25) is 0 Å². The van der Waals surface area contributed by atoms with Gasteiger partial charge in [-0.2, -0.15) is 0 Å². The molecular formula is C36H46N2O2. The first kappa shape index (κ1) is 29.5. The van der Waals surface area contributed by atoms with Crippen molar-refractivity contribution in [1.29, 1.82) is 0 Å². The smallest absolute Gasteiger partial charge is 0.138 e. The molecule has 2 N–H and O–H groups in total. The molecule has 0 fully saturated rings. The number of benzene rings is 3. The number of aromatic nitrogens is 2. The summed E-state index contributed by atoms with van der Waals surface area (Å²) in [6.07, 6.45) is 4.76. The Labute approximate surface area is 240 Å². The first-order valence-electron chi connectivity index (χ1n) is 14.7. The maximum atomic E-state index is 11.3. The van der Waals surface area contributed by atoms with Gasteiger partial charge in [0.15, 0.2) is 0 Å². The summed E-state index contributed by atoms with van der Waals surface area (Å²) in [7, 11) is 0. The fourth-order valence-corrected chi connectivity index (χ4v) is 4.99. The van der Waals surface area contributed by atoms with Gasteiger partial charge in [-0.1, -0.05) is 97.6 Å². The van der Waals surface area contributed by atoms with Crippen LogP contribution in [0.5, 0.6) is 11.5 Å². The number of phenolic OH excluding ortho intramolecular Hbond substituents is 1. The van der Waals surface area contributed by atoms with Crippen molar-refractivity contribution >= 4 is 0 Å². The average Bonchev–Trinajstić information content (AvgIpc) is 3.33. The number of unbranched alkanes of at least 4 members (excludes halogenated alkanes) is 3. The van der Waals surface area contributed by atoms with Crippen LogP contribution in [-0.2, 0) is 10.8 Å². The van der Waals surface area contributed by atoms with E-state index in [9.17, 15) is 5.11 Å². The lowest BCUT2D eigenvalue weighted by Crippen LogP contribution is -2.17. The van der Waals surface area contributed by atoms with Gasteiger partial charge in [0.05, 0.1) is 18.0 Å². The quantitative estimate of drug-likeness (QED) is 0.208. The lowest BCUT2D eigenvalue weighted by atomic mass is 9.78. The van der Waals surface area contributed by atoms with Crippen LogP contribution in [0.25, 0.3) is 33.9 Å². The molecule has 40 heavy (non-hydrogen) atoms. The van der Waals surface area contributed by atoms with Crippen molar-refractivity contribution < 1.29 is 9.84 Å². The van der Waals surface area contributed by atoms with E-state index in [1.807, 2.05) is 12.1 Å². The molecule has 0 aliphatic rings. The number of aromatic hydroxyl groups is 1. The monoisotopic (exact) mass is 538 g/mol. The fourth-order valence-electron chi connectivity index (χ4n) is 4.99. The second kappa shape index (κ2) is 11.9. The second-order valence-corrected chi connectivity index (χ2v) is 13.0. The lowest BCUT2D eigenvalue weighted by molar-refractivity contribution is 0.305. The van der Waals surface area contributed by atoms with Crippen LogP contribution in [0.3, 0.4) is 0 Å². The molecule has 0 spiro atoms. The Hall–Kier alpha value is -3.53. The number of rotatable bonds is 9. The molecule has 0 aliphatic carbocycles. The molecule has 3 aromatic carbocycles. The number of phenols is 1. The maximum Gasteiger partial charge on any atom is 0.138 e. The predicted molar refractivity (Wildman–Crippen MR) is 168 cm³/mol. The number of aryl methyl sites for hydroxylation is 1. The molecule has 4 nitrogen and oxygen atoms in total. The third kappa shape index (κ3) is 6.78. The summed E-state index contributed by atoms with van der Waals surface area (Å²) in [5.74, 6) is 2.05. The van der Waals surface area contributed by atoms with Gasteiger partial charge in [0.1, 0.15) is 17.3 Å². The van der Waals surface area contributed by atoms with Crippen molar-refractivity contribution in [3.8, 4) is 45.4 Å². The molecule has 1 aromatic heterocycles. The minimum atomic E-state index is -0.221. The van der Waals surface area contributed by atoms with Gasteiger partial charge in [-0.25, -0.2) is 4.98 Å². The number of ether oxygens (including phenoxy) is 1. The predicted octanol–water partition coefficient (Wildman–Crippen LogP) is 9.98. The standard InChI is InChI=1S/C36H46N2O2/c1-9-10-11-12-21-40-28-19-17-26(18-20-28)32-31(25-15-13-24(2)14-16-25)37-34(38-32)27-22-29(35(3,4)5)33(39)30(23-27)36(6,7)8/h13-20,22-23,39H,9-12,21H2,1-8H3,(H,37,38). The zero-order valence-electron chi connectivity index (χ0n) is 25.6. The van der Waals surface area contributed by atoms with E-state index in [0.29, 0.717) is 5.75 Å². The van der Waals surface area contributed by atoms with Crippen molar-refractivity contribution in [2.45, 2.75) is 91.9 Å². The molecule has 0 atom stereocenters. The number of hydrogen-bond donors (Lipinski definition) is 2. The summed E-state index contributed by atoms with van der Waals surface area (Å²) in [4.78, 5) is 8.83. The van der Waals surface area contributed by atoms with Gasteiger partial charge in [0.2, 0.25) is 0 Å². The fraction of sp³-hybridized carbons (Fsp3) is 0.417. The molecular weight excluding hydrogens is 492 g/mol. The molecule has 0 saturated carbocycles. The van der Waals surface area contributed by atoms with Crippen molar-refractivity contribution in [3.63, 3.8) is 0 Å². The van der Waals surface area contributed by atoms with E-state index in [1.54, 1.807) is 0 Å². The Bertz CT molecular complexity index is 1380. The minimum absolute atomic E-state index is 0.221. The van der Waals surface area contributed by atoms with E-state index in [0.717, 1.165) is 63.8 Å². The summed E-state index contributed by atoms with van der Waals surface area (Å²) in [5.41, 5.74) is 7.58. The maximum absolute atomic E-state index is 11.3. The first-order chi connectivity index (χ1) is 18.9. The van der Waals surface area contributed by atoms with Crippen LogP contribution in [0.15, 0.2) is 60.7 Å². The van der Waals surface area contributed by atoms with Crippen molar-refractivity contribution in [1.82, 2.24) is 9.97 Å². The second-order valence-electron chi connectivity index (χ2n) is 13.0. The zero-order valence-corrected chi connectivity index (χ0v) is 25.6.